The van der Waals surface area contributed by atoms with Gasteiger partial charge in [0, 0.05) is 17.5 Å². The van der Waals surface area contributed by atoms with E-state index >= 15 is 0 Å². The Kier molecular flexibility index (Phi) is 4.87. The van der Waals surface area contributed by atoms with Gasteiger partial charge in [-0.2, -0.15) is 0 Å². The minimum Gasteiger partial charge on any atom is -0.488 e. The summed E-state index contributed by atoms with van der Waals surface area (Å²) in [6.07, 6.45) is 1.22. The first-order valence-electron chi connectivity index (χ1n) is 6.35. The monoisotopic (exact) mass is 270 g/mol. The van der Waals surface area contributed by atoms with Crippen LogP contribution in [0.4, 0.5) is 0 Å². The molecule has 0 aliphatic carbocycles. The minimum atomic E-state index is -0.510. The van der Waals surface area contributed by atoms with Crippen molar-refractivity contribution < 1.29 is 14.6 Å². The summed E-state index contributed by atoms with van der Waals surface area (Å²) in [5, 5.41) is 10.9. The summed E-state index contributed by atoms with van der Waals surface area (Å²) in [6, 6.07) is 7.22. The van der Waals surface area contributed by atoms with E-state index in [0.29, 0.717) is 17.4 Å². The number of ether oxygens (including phenoxy) is 2. The highest BCUT2D eigenvalue weighted by molar-refractivity contribution is 6.30. The lowest BCUT2D eigenvalue weighted by Crippen LogP contribution is -2.39. The Balaban J connectivity index is 1.92. The summed E-state index contributed by atoms with van der Waals surface area (Å²) in [4.78, 5) is 0. The molecule has 1 saturated heterocycles. The van der Waals surface area contributed by atoms with Crippen molar-refractivity contribution in [3.63, 3.8) is 0 Å². The van der Waals surface area contributed by atoms with Gasteiger partial charge in [0.25, 0.3) is 0 Å². The van der Waals surface area contributed by atoms with E-state index in [-0.39, 0.29) is 12.0 Å². The number of aliphatic hydroxyl groups excluding tert-OH is 1. The van der Waals surface area contributed by atoms with Crippen molar-refractivity contribution >= 4 is 11.6 Å². The Morgan fingerprint density at radius 1 is 1.50 bits per heavy atom. The lowest BCUT2D eigenvalue weighted by Gasteiger charge is -2.30. The number of halogens is 1. The summed E-state index contributed by atoms with van der Waals surface area (Å²) in [7, 11) is 0. The number of benzene rings is 1. The van der Waals surface area contributed by atoms with E-state index in [1.807, 2.05) is 19.1 Å². The fraction of sp³-hybridized carbons (Fsp3) is 0.571. The van der Waals surface area contributed by atoms with E-state index in [9.17, 15) is 5.11 Å². The van der Waals surface area contributed by atoms with E-state index in [0.717, 1.165) is 19.4 Å². The summed E-state index contributed by atoms with van der Waals surface area (Å²) >= 11 is 5.89. The second kappa shape index (κ2) is 6.41. The van der Waals surface area contributed by atoms with Gasteiger partial charge in [-0.15, -0.1) is 0 Å². The van der Waals surface area contributed by atoms with Gasteiger partial charge >= 0.3 is 0 Å². The SMILES string of the molecule is CC(Oc1cccc(Cl)c1)C(O)C1CCCOC1. The molecule has 0 aromatic heterocycles. The van der Waals surface area contributed by atoms with Crippen LogP contribution in [0.15, 0.2) is 24.3 Å². The zero-order valence-electron chi connectivity index (χ0n) is 10.5. The molecule has 18 heavy (non-hydrogen) atoms. The molecule has 1 aliphatic heterocycles. The van der Waals surface area contributed by atoms with Gasteiger partial charge in [0.1, 0.15) is 11.9 Å². The maximum atomic E-state index is 10.2. The van der Waals surface area contributed by atoms with Gasteiger partial charge in [-0.3, -0.25) is 0 Å². The molecule has 4 heteroatoms. The highest BCUT2D eigenvalue weighted by Crippen LogP contribution is 2.24. The Morgan fingerprint density at radius 2 is 2.33 bits per heavy atom. The molecule has 3 atom stereocenters. The van der Waals surface area contributed by atoms with Crippen molar-refractivity contribution in [2.75, 3.05) is 13.2 Å². The molecule has 1 N–H and O–H groups in total. The normalized spacial score (nSPS) is 23.4. The molecule has 1 aromatic carbocycles. The molecule has 2 rings (SSSR count). The largest absolute Gasteiger partial charge is 0.488 e. The van der Waals surface area contributed by atoms with E-state index in [1.54, 1.807) is 12.1 Å². The zero-order valence-corrected chi connectivity index (χ0v) is 11.3. The standard InChI is InChI=1S/C14H19ClO3/c1-10(14(16)11-4-3-7-17-9-11)18-13-6-2-5-12(15)8-13/h2,5-6,8,10-11,14,16H,3-4,7,9H2,1H3. The van der Waals surface area contributed by atoms with Gasteiger partial charge in [-0.25, -0.2) is 0 Å². The van der Waals surface area contributed by atoms with Crippen LogP contribution in [0.3, 0.4) is 0 Å². The predicted molar refractivity (Wildman–Crippen MR) is 71.1 cm³/mol. The summed E-state index contributed by atoms with van der Waals surface area (Å²) in [5.41, 5.74) is 0. The molecule has 3 nitrogen and oxygen atoms in total. The average Bonchev–Trinajstić information content (AvgIpc) is 2.39. The van der Waals surface area contributed by atoms with Crippen molar-refractivity contribution in [3.05, 3.63) is 29.3 Å². The first-order valence-corrected chi connectivity index (χ1v) is 6.72. The van der Waals surface area contributed by atoms with Crippen LogP contribution < -0.4 is 4.74 Å². The fourth-order valence-corrected chi connectivity index (χ4v) is 2.42. The van der Waals surface area contributed by atoms with Gasteiger partial charge in [0.05, 0.1) is 12.7 Å². The van der Waals surface area contributed by atoms with E-state index < -0.39 is 6.10 Å². The summed E-state index contributed by atoms with van der Waals surface area (Å²) < 4.78 is 11.1. The quantitative estimate of drug-likeness (QED) is 0.914. The maximum Gasteiger partial charge on any atom is 0.122 e. The van der Waals surface area contributed by atoms with Crippen LogP contribution in [-0.4, -0.2) is 30.5 Å². The summed E-state index contributed by atoms with van der Waals surface area (Å²) in [5.74, 6) is 0.846. The van der Waals surface area contributed by atoms with E-state index in [4.69, 9.17) is 21.1 Å². The van der Waals surface area contributed by atoms with Gasteiger partial charge < -0.3 is 14.6 Å². The third-order valence-electron chi connectivity index (χ3n) is 3.28. The van der Waals surface area contributed by atoms with Crippen molar-refractivity contribution in [1.29, 1.82) is 0 Å². The molecule has 0 radical (unpaired) electrons. The molecule has 1 fully saturated rings. The topological polar surface area (TPSA) is 38.7 Å². The maximum absolute atomic E-state index is 10.2. The van der Waals surface area contributed by atoms with E-state index in [1.165, 1.54) is 0 Å². The van der Waals surface area contributed by atoms with Crippen LogP contribution >= 0.6 is 11.6 Å². The van der Waals surface area contributed by atoms with Crippen LogP contribution in [0.1, 0.15) is 19.8 Å². The highest BCUT2D eigenvalue weighted by atomic mass is 35.5. The van der Waals surface area contributed by atoms with Crippen LogP contribution in [0, 0.1) is 5.92 Å². The second-order valence-electron chi connectivity index (χ2n) is 4.75. The lowest BCUT2D eigenvalue weighted by molar-refractivity contribution is -0.0510. The van der Waals surface area contributed by atoms with E-state index in [2.05, 4.69) is 0 Å². The third-order valence-corrected chi connectivity index (χ3v) is 3.51. The Labute approximate surface area is 113 Å². The third kappa shape index (κ3) is 3.61. The lowest BCUT2D eigenvalue weighted by atomic mass is 9.93. The molecular weight excluding hydrogens is 252 g/mol. The first-order chi connectivity index (χ1) is 8.66. The van der Waals surface area contributed by atoms with Crippen molar-refractivity contribution in [3.8, 4) is 5.75 Å². The van der Waals surface area contributed by atoms with Crippen molar-refractivity contribution in [1.82, 2.24) is 0 Å². The molecular formula is C14H19ClO3. The minimum absolute atomic E-state index is 0.160. The average molecular weight is 271 g/mol. The highest BCUT2D eigenvalue weighted by Gasteiger charge is 2.28. The Bertz CT molecular complexity index is 377. The smallest absolute Gasteiger partial charge is 0.122 e. The van der Waals surface area contributed by atoms with Crippen LogP contribution in [0.2, 0.25) is 5.02 Å². The Hall–Kier alpha value is -0.770. The number of hydrogen-bond donors (Lipinski definition) is 1. The zero-order chi connectivity index (χ0) is 13.0. The summed E-state index contributed by atoms with van der Waals surface area (Å²) in [6.45, 7) is 3.29. The predicted octanol–water partition coefficient (Wildman–Crippen LogP) is 2.89. The van der Waals surface area contributed by atoms with Crippen LogP contribution in [0.25, 0.3) is 0 Å². The molecule has 1 aliphatic rings. The molecule has 3 unspecified atom stereocenters. The molecule has 1 heterocycles. The molecule has 0 spiro atoms. The molecule has 0 amide bonds. The molecule has 0 saturated carbocycles. The molecule has 0 bridgehead atoms. The first kappa shape index (κ1) is 13.7. The molecule has 1 aromatic rings. The van der Waals surface area contributed by atoms with Crippen LogP contribution in [0.5, 0.6) is 5.75 Å². The number of rotatable bonds is 4. The van der Waals surface area contributed by atoms with Gasteiger partial charge in [-0.05, 0) is 38.0 Å². The van der Waals surface area contributed by atoms with Gasteiger partial charge in [0.2, 0.25) is 0 Å². The van der Waals surface area contributed by atoms with Crippen LogP contribution in [-0.2, 0) is 4.74 Å². The van der Waals surface area contributed by atoms with Crippen molar-refractivity contribution in [2.24, 2.45) is 5.92 Å². The fourth-order valence-electron chi connectivity index (χ4n) is 2.24. The molecule has 100 valence electrons. The van der Waals surface area contributed by atoms with Gasteiger partial charge in [0.15, 0.2) is 0 Å². The Morgan fingerprint density at radius 3 is 3.00 bits per heavy atom. The number of aliphatic hydroxyl groups is 1. The van der Waals surface area contributed by atoms with Crippen molar-refractivity contribution in [2.45, 2.75) is 32.0 Å². The second-order valence-corrected chi connectivity index (χ2v) is 5.18. The van der Waals surface area contributed by atoms with Gasteiger partial charge in [-0.1, -0.05) is 17.7 Å². The number of hydrogen-bond acceptors (Lipinski definition) is 3.